The molecule has 1 aromatic carbocycles. The molecule has 2 rings (SSSR count). The van der Waals surface area contributed by atoms with Crippen LogP contribution in [0.15, 0.2) is 18.2 Å². The third kappa shape index (κ3) is 3.42. The first-order valence-electron chi connectivity index (χ1n) is 6.78. The Balaban J connectivity index is 1.97. The van der Waals surface area contributed by atoms with Crippen LogP contribution in [0.4, 0.5) is 0 Å². The van der Waals surface area contributed by atoms with Crippen LogP contribution < -0.4 is 5.32 Å². The molecule has 0 fully saturated rings. The summed E-state index contributed by atoms with van der Waals surface area (Å²) >= 11 is 1.92. The van der Waals surface area contributed by atoms with Crippen LogP contribution in [0.5, 0.6) is 5.75 Å². The number of benzene rings is 1. The van der Waals surface area contributed by atoms with Gasteiger partial charge in [0, 0.05) is 11.3 Å². The van der Waals surface area contributed by atoms with E-state index in [9.17, 15) is 5.11 Å². The number of phenols is 1. The van der Waals surface area contributed by atoms with E-state index in [4.69, 9.17) is 0 Å². The van der Waals surface area contributed by atoms with Crippen LogP contribution in [-0.2, 0) is 6.42 Å². The lowest BCUT2D eigenvalue weighted by atomic mass is 9.87. The van der Waals surface area contributed by atoms with Gasteiger partial charge in [-0.1, -0.05) is 13.0 Å². The van der Waals surface area contributed by atoms with E-state index in [0.717, 1.165) is 13.0 Å². The molecule has 0 heterocycles. The van der Waals surface area contributed by atoms with Crippen molar-refractivity contribution in [1.29, 1.82) is 0 Å². The Labute approximate surface area is 114 Å². The summed E-state index contributed by atoms with van der Waals surface area (Å²) in [6, 6.07) is 6.24. The Morgan fingerprint density at radius 3 is 3.11 bits per heavy atom. The van der Waals surface area contributed by atoms with Crippen LogP contribution in [-0.4, -0.2) is 23.2 Å². The van der Waals surface area contributed by atoms with E-state index in [1.807, 2.05) is 17.8 Å². The highest BCUT2D eigenvalue weighted by molar-refractivity contribution is 7.99. The number of aromatic hydroxyl groups is 1. The van der Waals surface area contributed by atoms with E-state index in [-0.39, 0.29) is 0 Å². The fourth-order valence-corrected chi connectivity index (χ4v) is 2.93. The Morgan fingerprint density at radius 2 is 2.33 bits per heavy atom. The summed E-state index contributed by atoms with van der Waals surface area (Å²) < 4.78 is 0. The molecule has 18 heavy (non-hydrogen) atoms. The molecular formula is C15H23NOS. The highest BCUT2D eigenvalue weighted by Crippen LogP contribution is 2.32. The van der Waals surface area contributed by atoms with Crippen LogP contribution in [0.3, 0.4) is 0 Å². The van der Waals surface area contributed by atoms with E-state index >= 15 is 0 Å². The highest BCUT2D eigenvalue weighted by Gasteiger charge is 2.20. The summed E-state index contributed by atoms with van der Waals surface area (Å²) in [7, 11) is 0. The zero-order chi connectivity index (χ0) is 13.0. The molecule has 2 unspecified atom stereocenters. The molecule has 100 valence electrons. The lowest BCUT2D eigenvalue weighted by molar-refractivity contribution is 0.444. The van der Waals surface area contributed by atoms with Crippen molar-refractivity contribution in [2.45, 2.75) is 43.9 Å². The number of hydrogen-bond acceptors (Lipinski definition) is 3. The molecule has 0 amide bonds. The lowest BCUT2D eigenvalue weighted by Crippen LogP contribution is -2.27. The zero-order valence-corrected chi connectivity index (χ0v) is 12.1. The van der Waals surface area contributed by atoms with E-state index in [0.29, 0.717) is 17.0 Å². The maximum absolute atomic E-state index is 9.63. The van der Waals surface area contributed by atoms with Gasteiger partial charge in [0.25, 0.3) is 0 Å². The van der Waals surface area contributed by atoms with E-state index in [1.165, 1.54) is 30.4 Å². The summed E-state index contributed by atoms with van der Waals surface area (Å²) in [5.74, 6) is 0.389. The minimum Gasteiger partial charge on any atom is -0.508 e. The molecule has 3 heteroatoms. The largest absolute Gasteiger partial charge is 0.508 e. The fourth-order valence-electron chi connectivity index (χ4n) is 2.58. The Kier molecular flexibility index (Phi) is 4.95. The number of fused-ring (bicyclic) bond motifs is 1. The molecule has 2 nitrogen and oxygen atoms in total. The molecule has 0 saturated heterocycles. The lowest BCUT2D eigenvalue weighted by Gasteiger charge is -2.27. The van der Waals surface area contributed by atoms with Gasteiger partial charge in [-0.15, -0.1) is 0 Å². The Morgan fingerprint density at radius 1 is 1.50 bits per heavy atom. The van der Waals surface area contributed by atoms with Crippen LogP contribution in [0.25, 0.3) is 0 Å². The van der Waals surface area contributed by atoms with Gasteiger partial charge in [0.05, 0.1) is 0 Å². The molecule has 1 aromatic rings. The maximum atomic E-state index is 9.63. The first-order valence-corrected chi connectivity index (χ1v) is 8.07. The number of hydrogen-bond donors (Lipinski definition) is 2. The van der Waals surface area contributed by atoms with Crippen molar-refractivity contribution in [3.8, 4) is 5.75 Å². The summed E-state index contributed by atoms with van der Waals surface area (Å²) in [6.45, 7) is 3.33. The van der Waals surface area contributed by atoms with Crippen LogP contribution >= 0.6 is 11.8 Å². The van der Waals surface area contributed by atoms with Gasteiger partial charge in [0.15, 0.2) is 0 Å². The van der Waals surface area contributed by atoms with Gasteiger partial charge in [-0.2, -0.15) is 11.8 Å². The second kappa shape index (κ2) is 6.48. The predicted molar refractivity (Wildman–Crippen MR) is 79.4 cm³/mol. The summed E-state index contributed by atoms with van der Waals surface area (Å²) in [5, 5.41) is 14.0. The Bertz CT molecular complexity index is 394. The molecule has 0 aromatic heterocycles. The number of nitrogens with one attached hydrogen (secondary N) is 1. The van der Waals surface area contributed by atoms with Gasteiger partial charge >= 0.3 is 0 Å². The summed E-state index contributed by atoms with van der Waals surface area (Å²) in [4.78, 5) is 0. The first-order chi connectivity index (χ1) is 8.70. The van der Waals surface area contributed by atoms with Crippen molar-refractivity contribution in [2.24, 2.45) is 0 Å². The van der Waals surface area contributed by atoms with E-state index < -0.39 is 0 Å². The van der Waals surface area contributed by atoms with Crippen molar-refractivity contribution in [2.75, 3.05) is 12.8 Å². The molecule has 2 N–H and O–H groups in total. The number of thioether (sulfide) groups is 1. The van der Waals surface area contributed by atoms with Crippen LogP contribution in [0, 0.1) is 0 Å². The molecule has 0 aliphatic heterocycles. The smallest absolute Gasteiger partial charge is 0.115 e. The quantitative estimate of drug-likeness (QED) is 0.854. The van der Waals surface area contributed by atoms with Gasteiger partial charge < -0.3 is 10.4 Å². The molecule has 1 aliphatic carbocycles. The number of rotatable bonds is 5. The molecule has 0 radical (unpaired) electrons. The average molecular weight is 265 g/mol. The second-order valence-electron chi connectivity index (χ2n) is 5.12. The number of phenolic OH excluding ortho intramolecular Hbond substituents is 1. The van der Waals surface area contributed by atoms with Gasteiger partial charge in [0.1, 0.15) is 5.75 Å². The molecule has 2 atom stereocenters. The second-order valence-corrected chi connectivity index (χ2v) is 6.39. The zero-order valence-electron chi connectivity index (χ0n) is 11.3. The molecule has 0 bridgehead atoms. The number of aryl methyl sites for hydroxylation is 1. The summed E-state index contributed by atoms with van der Waals surface area (Å²) in [5.41, 5.74) is 2.70. The van der Waals surface area contributed by atoms with E-state index in [2.05, 4.69) is 24.6 Å². The standard InChI is InChI=1S/C15H23NOS/c1-11(18-2)8-9-16-15-5-3-4-12-6-7-13(17)10-14(12)15/h6-7,10-11,15-17H,3-5,8-9H2,1-2H3. The van der Waals surface area contributed by atoms with Gasteiger partial charge in [-0.25, -0.2) is 0 Å². The topological polar surface area (TPSA) is 32.3 Å². The minimum atomic E-state index is 0.389. The minimum absolute atomic E-state index is 0.389. The molecule has 0 saturated carbocycles. The monoisotopic (exact) mass is 265 g/mol. The van der Waals surface area contributed by atoms with Crippen molar-refractivity contribution in [3.05, 3.63) is 29.3 Å². The van der Waals surface area contributed by atoms with Gasteiger partial charge in [0.2, 0.25) is 0 Å². The first kappa shape index (κ1) is 13.8. The van der Waals surface area contributed by atoms with Gasteiger partial charge in [-0.05, 0) is 61.7 Å². The van der Waals surface area contributed by atoms with Crippen molar-refractivity contribution in [1.82, 2.24) is 5.32 Å². The average Bonchev–Trinajstić information content (AvgIpc) is 2.39. The maximum Gasteiger partial charge on any atom is 0.115 e. The van der Waals surface area contributed by atoms with Crippen molar-refractivity contribution < 1.29 is 5.11 Å². The third-order valence-electron chi connectivity index (χ3n) is 3.79. The predicted octanol–water partition coefficient (Wildman–Crippen LogP) is 3.50. The normalized spacial score (nSPS) is 20.4. The fraction of sp³-hybridized carbons (Fsp3) is 0.600. The van der Waals surface area contributed by atoms with Crippen LogP contribution in [0.2, 0.25) is 0 Å². The summed E-state index contributed by atoms with van der Waals surface area (Å²) in [6.07, 6.45) is 6.94. The molecule has 1 aliphatic rings. The van der Waals surface area contributed by atoms with Crippen molar-refractivity contribution >= 4 is 11.8 Å². The third-order valence-corrected chi connectivity index (χ3v) is 4.83. The van der Waals surface area contributed by atoms with E-state index in [1.54, 1.807) is 6.07 Å². The molecule has 0 spiro atoms. The SMILES string of the molecule is CSC(C)CCNC1CCCc2ccc(O)cc21. The molecular weight excluding hydrogens is 242 g/mol. The van der Waals surface area contributed by atoms with Crippen molar-refractivity contribution in [3.63, 3.8) is 0 Å². The van der Waals surface area contributed by atoms with Crippen LogP contribution in [0.1, 0.15) is 43.4 Å². The van der Waals surface area contributed by atoms with Gasteiger partial charge in [-0.3, -0.25) is 0 Å². The Hall–Kier alpha value is -0.670. The highest BCUT2D eigenvalue weighted by atomic mass is 32.2.